The topological polar surface area (TPSA) is 131 Å². The van der Waals surface area contributed by atoms with Gasteiger partial charge in [0, 0.05) is 29.0 Å². The maximum atomic E-state index is 15.5. The van der Waals surface area contributed by atoms with Gasteiger partial charge in [0.1, 0.15) is 29.4 Å². The first-order valence-electron chi connectivity index (χ1n) is 19.7. The van der Waals surface area contributed by atoms with E-state index < -0.39 is 48.1 Å². The van der Waals surface area contributed by atoms with Crippen molar-refractivity contribution >= 4 is 83.2 Å². The molecule has 0 aliphatic carbocycles. The van der Waals surface area contributed by atoms with Crippen LogP contribution in [0.25, 0.3) is 0 Å². The van der Waals surface area contributed by atoms with E-state index >= 15 is 4.79 Å². The van der Waals surface area contributed by atoms with Gasteiger partial charge < -0.3 is 43.1 Å². The van der Waals surface area contributed by atoms with Crippen molar-refractivity contribution in [3.8, 4) is 23.0 Å². The molecule has 1 heterocycles. The number of carbonyl (C=O) groups excluding carboxylic acids is 3. The molecule has 0 bridgehead atoms. The van der Waals surface area contributed by atoms with Crippen LogP contribution in [0.2, 0.25) is 5.04 Å². The molecule has 17 heteroatoms. The minimum absolute atomic E-state index is 0.0483. The number of hydrogen-bond donors (Lipinski definition) is 1. The number of hydrogen-bond acceptors (Lipinski definition) is 11. The Morgan fingerprint density at radius 2 is 1.35 bits per heavy atom. The number of esters is 1. The van der Waals surface area contributed by atoms with Gasteiger partial charge in [-0.15, -0.1) is 11.8 Å². The lowest BCUT2D eigenvalue weighted by Gasteiger charge is -2.47. The number of benzene rings is 4. The first-order chi connectivity index (χ1) is 29.5. The molecule has 5 rings (SSSR count). The van der Waals surface area contributed by atoms with Crippen LogP contribution in [0.3, 0.4) is 0 Å². The molecule has 4 aromatic rings. The van der Waals surface area contributed by atoms with Crippen LogP contribution in [-0.4, -0.2) is 95.5 Å². The standard InChI is InChI=1S/C45H53Cl3N2O10SSi/c1-28-37(55-6)36-35(39(57-8)38(28)56-7)34(25-60-62(44(2,3)4,31-16-12-10-13-17-31)32-18-14-11-15-19-32)50(24-29-20-22-30(54-5)23-21-29)41(51)40(36)61-26-33(42(52)58-9)49-43(53)59-27-45(46,47)48/h10-23,33-34,40H,24-27H2,1-9H3,(H,49,53)/t33-,34-,40?/m0/s1. The molecule has 3 atom stereocenters. The van der Waals surface area contributed by atoms with Crippen molar-refractivity contribution in [3.63, 3.8) is 0 Å². The number of nitrogens with one attached hydrogen (secondary N) is 1. The second-order valence-electron chi connectivity index (χ2n) is 15.5. The summed E-state index contributed by atoms with van der Waals surface area (Å²) in [6, 6.07) is 25.9. The van der Waals surface area contributed by atoms with E-state index in [-0.39, 0.29) is 29.8 Å². The molecule has 62 heavy (non-hydrogen) atoms. The number of thioether (sulfide) groups is 1. The molecular weight excluding hydrogens is 895 g/mol. The Bertz CT molecular complexity index is 2130. The third-order valence-electron chi connectivity index (χ3n) is 10.7. The SMILES string of the molecule is COC(=O)[C@H](CSC1C(=O)N(Cc2ccc(OC)cc2)[C@@H](CO[Si](c2ccccc2)(c2ccccc2)C(C)(C)C)c2c(OC)c(OC)c(C)c(OC)c21)NC(=O)OCC(Cl)(Cl)Cl. The van der Waals surface area contributed by atoms with Gasteiger partial charge >= 0.3 is 12.1 Å². The fourth-order valence-corrected chi connectivity index (χ4v) is 14.0. The molecule has 1 unspecified atom stereocenters. The van der Waals surface area contributed by atoms with Crippen LogP contribution in [0.4, 0.5) is 4.79 Å². The molecule has 0 radical (unpaired) electrons. The Morgan fingerprint density at radius 1 is 0.790 bits per heavy atom. The van der Waals surface area contributed by atoms with Crippen molar-refractivity contribution in [1.29, 1.82) is 0 Å². The first kappa shape index (κ1) is 48.7. The van der Waals surface area contributed by atoms with E-state index in [4.69, 9.17) is 67.7 Å². The van der Waals surface area contributed by atoms with Crippen LogP contribution in [0.1, 0.15) is 54.3 Å². The summed E-state index contributed by atoms with van der Waals surface area (Å²) in [6.07, 6.45) is -1.02. The fourth-order valence-electron chi connectivity index (χ4n) is 7.97. The van der Waals surface area contributed by atoms with E-state index in [2.05, 4.69) is 50.4 Å². The summed E-state index contributed by atoms with van der Waals surface area (Å²) in [7, 11) is 4.22. The molecular formula is C45H53Cl3N2O10SSi. The number of fused-ring (bicyclic) bond motifs is 1. The van der Waals surface area contributed by atoms with Crippen LogP contribution in [0.15, 0.2) is 84.9 Å². The zero-order valence-corrected chi connectivity index (χ0v) is 40.3. The van der Waals surface area contributed by atoms with Crippen LogP contribution in [-0.2, 0) is 30.0 Å². The number of nitrogens with zero attached hydrogens (tertiary/aromatic N) is 1. The number of ether oxygens (including phenoxy) is 6. The lowest BCUT2D eigenvalue weighted by molar-refractivity contribution is -0.142. The Morgan fingerprint density at radius 3 is 1.84 bits per heavy atom. The minimum Gasteiger partial charge on any atom is -0.497 e. The summed E-state index contributed by atoms with van der Waals surface area (Å²) >= 11 is 18.5. The number of rotatable bonds is 17. The first-order valence-corrected chi connectivity index (χ1v) is 23.7. The summed E-state index contributed by atoms with van der Waals surface area (Å²) in [5.41, 5.74) is 2.54. The smallest absolute Gasteiger partial charge is 0.408 e. The number of methoxy groups -OCH3 is 5. The average Bonchev–Trinajstić information content (AvgIpc) is 3.25. The number of alkyl carbamates (subject to hydrolysis) is 1. The van der Waals surface area contributed by atoms with Gasteiger partial charge in [-0.05, 0) is 40.0 Å². The fraction of sp³-hybridized carbons (Fsp3) is 0.400. The summed E-state index contributed by atoms with van der Waals surface area (Å²) in [6.45, 7) is 8.02. The maximum Gasteiger partial charge on any atom is 0.408 e. The predicted octanol–water partition coefficient (Wildman–Crippen LogP) is 8.10. The monoisotopic (exact) mass is 946 g/mol. The third kappa shape index (κ3) is 10.5. The van der Waals surface area contributed by atoms with E-state index in [1.54, 1.807) is 26.2 Å². The lowest BCUT2D eigenvalue weighted by atomic mass is 9.87. The van der Waals surface area contributed by atoms with Gasteiger partial charge in [0.05, 0.1) is 48.2 Å². The van der Waals surface area contributed by atoms with Crippen molar-refractivity contribution in [2.24, 2.45) is 0 Å². The molecule has 0 fully saturated rings. The average molecular weight is 948 g/mol. The number of amides is 2. The van der Waals surface area contributed by atoms with Crippen molar-refractivity contribution in [1.82, 2.24) is 10.2 Å². The summed E-state index contributed by atoms with van der Waals surface area (Å²) < 4.78 is 39.7. The second-order valence-corrected chi connectivity index (χ2v) is 23.4. The van der Waals surface area contributed by atoms with Crippen LogP contribution < -0.4 is 34.6 Å². The Kier molecular flexibility index (Phi) is 16.4. The van der Waals surface area contributed by atoms with Gasteiger partial charge in [-0.1, -0.05) is 128 Å². The molecule has 0 saturated heterocycles. The molecule has 0 spiro atoms. The van der Waals surface area contributed by atoms with Crippen molar-refractivity contribution < 1.29 is 47.2 Å². The number of carbonyl (C=O) groups is 3. The Labute approximate surface area is 383 Å². The van der Waals surface area contributed by atoms with Gasteiger partial charge in [-0.3, -0.25) is 4.79 Å². The Balaban J connectivity index is 1.73. The minimum atomic E-state index is -3.18. The highest BCUT2D eigenvalue weighted by atomic mass is 35.6. The van der Waals surface area contributed by atoms with E-state index in [9.17, 15) is 9.59 Å². The third-order valence-corrected chi connectivity index (χ3v) is 17.3. The molecule has 1 aliphatic rings. The summed E-state index contributed by atoms with van der Waals surface area (Å²) in [5, 5.41) is 3.23. The zero-order chi connectivity index (χ0) is 45.4. The molecule has 1 aliphatic heterocycles. The van der Waals surface area contributed by atoms with E-state index in [0.717, 1.165) is 27.7 Å². The zero-order valence-electron chi connectivity index (χ0n) is 36.2. The molecule has 1 N–H and O–H groups in total. The van der Waals surface area contributed by atoms with E-state index in [0.29, 0.717) is 39.7 Å². The van der Waals surface area contributed by atoms with Gasteiger partial charge in [-0.25, -0.2) is 9.59 Å². The van der Waals surface area contributed by atoms with Crippen molar-refractivity contribution in [3.05, 3.63) is 107 Å². The van der Waals surface area contributed by atoms with E-state index in [1.807, 2.05) is 67.6 Å². The maximum absolute atomic E-state index is 15.5. The summed E-state index contributed by atoms with van der Waals surface area (Å²) in [5.74, 6) is 0.647. The number of alkyl halides is 3. The molecule has 334 valence electrons. The lowest BCUT2D eigenvalue weighted by Crippen LogP contribution is -2.67. The summed E-state index contributed by atoms with van der Waals surface area (Å²) in [4.78, 5) is 43.3. The highest BCUT2D eigenvalue weighted by Crippen LogP contribution is 2.56. The van der Waals surface area contributed by atoms with Crippen LogP contribution in [0, 0.1) is 6.92 Å². The highest BCUT2D eigenvalue weighted by molar-refractivity contribution is 8.00. The van der Waals surface area contributed by atoms with Gasteiger partial charge in [0.15, 0.2) is 11.5 Å². The molecule has 0 aromatic heterocycles. The normalized spacial score (nSPS) is 15.9. The van der Waals surface area contributed by atoms with Crippen molar-refractivity contribution in [2.45, 2.75) is 60.4 Å². The van der Waals surface area contributed by atoms with Gasteiger partial charge in [0.25, 0.3) is 8.32 Å². The highest BCUT2D eigenvalue weighted by Gasteiger charge is 2.53. The predicted molar refractivity (Wildman–Crippen MR) is 246 cm³/mol. The van der Waals surface area contributed by atoms with Gasteiger partial charge in [0.2, 0.25) is 9.70 Å². The molecule has 12 nitrogen and oxygen atoms in total. The Hall–Kier alpha value is -4.31. The molecule has 2 amide bonds. The molecule has 0 saturated carbocycles. The number of halogens is 3. The van der Waals surface area contributed by atoms with Gasteiger partial charge in [-0.2, -0.15) is 0 Å². The molecule has 4 aromatic carbocycles. The van der Waals surface area contributed by atoms with Crippen LogP contribution >= 0.6 is 46.6 Å². The van der Waals surface area contributed by atoms with E-state index in [1.165, 1.54) is 14.2 Å². The largest absolute Gasteiger partial charge is 0.497 e. The second kappa shape index (κ2) is 20.9. The quantitative estimate of drug-likeness (QED) is 0.0626. The van der Waals surface area contributed by atoms with Crippen molar-refractivity contribution in [2.75, 3.05) is 54.5 Å². The van der Waals surface area contributed by atoms with Crippen LogP contribution in [0.5, 0.6) is 23.0 Å².